The molecule has 2 aromatic carbocycles. The lowest BCUT2D eigenvalue weighted by Gasteiger charge is -2.32. The lowest BCUT2D eigenvalue weighted by molar-refractivity contribution is 0.0911. The number of nitrogens with zero attached hydrogens (tertiary/aromatic N) is 1. The van der Waals surface area contributed by atoms with Gasteiger partial charge in [-0.3, -0.25) is 4.79 Å². The van der Waals surface area contributed by atoms with Crippen molar-refractivity contribution in [3.05, 3.63) is 76.2 Å². The second-order valence-electron chi connectivity index (χ2n) is 7.89. The van der Waals surface area contributed by atoms with E-state index in [2.05, 4.69) is 20.9 Å². The molecule has 0 radical (unpaired) electrons. The van der Waals surface area contributed by atoms with Crippen LogP contribution in [0.25, 0.3) is 0 Å². The summed E-state index contributed by atoms with van der Waals surface area (Å²) in [6.07, 6.45) is 3.21. The van der Waals surface area contributed by atoms with Crippen molar-refractivity contribution in [1.82, 2.24) is 15.6 Å². The van der Waals surface area contributed by atoms with E-state index in [0.717, 1.165) is 12.8 Å². The number of carbonyl (C=O) groups is 2. The predicted molar refractivity (Wildman–Crippen MR) is 125 cm³/mol. The van der Waals surface area contributed by atoms with Crippen LogP contribution >= 0.6 is 11.3 Å². The van der Waals surface area contributed by atoms with Crippen LogP contribution in [0, 0.1) is 11.6 Å². The Hall–Kier alpha value is -3.53. The molecule has 3 N–H and O–H groups in total. The molecule has 3 amide bonds. The molecule has 1 saturated carbocycles. The third-order valence-corrected chi connectivity index (χ3v) is 6.32. The van der Waals surface area contributed by atoms with Crippen LogP contribution in [0.5, 0.6) is 5.75 Å². The normalized spacial score (nSPS) is 17.6. The summed E-state index contributed by atoms with van der Waals surface area (Å²) in [6.45, 7) is 0.0444. The summed E-state index contributed by atoms with van der Waals surface area (Å²) in [5, 5.41) is 10.5. The van der Waals surface area contributed by atoms with Gasteiger partial charge in [0.15, 0.2) is 11.6 Å². The van der Waals surface area contributed by atoms with Crippen molar-refractivity contribution in [2.45, 2.75) is 44.4 Å². The number of thiazole rings is 1. The zero-order valence-corrected chi connectivity index (χ0v) is 19.0. The molecule has 0 bridgehead atoms. The molecule has 0 unspecified atom stereocenters. The van der Waals surface area contributed by atoms with Gasteiger partial charge in [0.05, 0.1) is 11.7 Å². The van der Waals surface area contributed by atoms with E-state index >= 15 is 0 Å². The van der Waals surface area contributed by atoms with Gasteiger partial charge >= 0.3 is 6.03 Å². The van der Waals surface area contributed by atoms with Crippen LogP contribution in [-0.4, -0.2) is 29.0 Å². The number of ether oxygens (including phenoxy) is 1. The molecule has 1 heterocycles. The van der Waals surface area contributed by atoms with Crippen LogP contribution in [0.15, 0.2) is 53.9 Å². The molecule has 0 aliphatic heterocycles. The molecule has 3 aromatic rings. The highest BCUT2D eigenvalue weighted by Crippen LogP contribution is 2.21. The Bertz CT molecular complexity index is 1160. The lowest BCUT2D eigenvalue weighted by atomic mass is 9.90. The standard InChI is InChI=1S/C24H24F2N4O3S/c25-15-7-1-3-9-17(15)29-24(32)30-19-11-5-4-10-18(19)28-23(31)20-14-34-22(27-20)13-33-21-12-6-2-8-16(21)26/h1-3,6-9,12,14,18-19H,4-5,10-11,13H2,(H,28,31)(H2,29,30,32)/t18-,19-/m0/s1. The van der Waals surface area contributed by atoms with Crippen molar-refractivity contribution in [3.8, 4) is 5.75 Å². The highest BCUT2D eigenvalue weighted by atomic mass is 32.1. The molecule has 1 aliphatic rings. The molecule has 0 spiro atoms. The number of amides is 3. The highest BCUT2D eigenvalue weighted by Gasteiger charge is 2.29. The van der Waals surface area contributed by atoms with E-state index in [1.54, 1.807) is 29.6 Å². The molecule has 2 atom stereocenters. The van der Waals surface area contributed by atoms with Crippen molar-refractivity contribution in [2.24, 2.45) is 0 Å². The van der Waals surface area contributed by atoms with Gasteiger partial charge in [-0.15, -0.1) is 11.3 Å². The summed E-state index contributed by atoms with van der Waals surface area (Å²) < 4.78 is 32.9. The van der Waals surface area contributed by atoms with Gasteiger partial charge in [-0.25, -0.2) is 18.6 Å². The summed E-state index contributed by atoms with van der Waals surface area (Å²) in [7, 11) is 0. The Morgan fingerprint density at radius 2 is 1.65 bits per heavy atom. The first-order valence-electron chi connectivity index (χ1n) is 10.9. The van der Waals surface area contributed by atoms with E-state index in [-0.39, 0.29) is 41.7 Å². The first kappa shape index (κ1) is 23.6. The predicted octanol–water partition coefficient (Wildman–Crippen LogP) is 4.86. The van der Waals surface area contributed by atoms with Gasteiger partial charge in [-0.1, -0.05) is 37.1 Å². The number of benzene rings is 2. The number of hydrogen-bond donors (Lipinski definition) is 3. The fourth-order valence-corrected chi connectivity index (χ4v) is 4.48. The topological polar surface area (TPSA) is 92.4 Å². The number of urea groups is 1. The number of hydrogen-bond acceptors (Lipinski definition) is 5. The third-order valence-electron chi connectivity index (χ3n) is 5.49. The largest absolute Gasteiger partial charge is 0.483 e. The summed E-state index contributed by atoms with van der Waals surface area (Å²) in [5.41, 5.74) is 0.321. The van der Waals surface area contributed by atoms with Gasteiger partial charge in [0.2, 0.25) is 0 Å². The fraction of sp³-hybridized carbons (Fsp3) is 0.292. The quantitative estimate of drug-likeness (QED) is 0.445. The van der Waals surface area contributed by atoms with E-state index in [0.29, 0.717) is 17.8 Å². The minimum absolute atomic E-state index is 0.0444. The second kappa shape index (κ2) is 11.1. The number of para-hydroxylation sites is 2. The maximum absolute atomic E-state index is 13.8. The molecule has 1 aromatic heterocycles. The van der Waals surface area contributed by atoms with Gasteiger partial charge in [0, 0.05) is 11.4 Å². The molecular formula is C24H24F2N4O3S. The Balaban J connectivity index is 1.32. The van der Waals surface area contributed by atoms with Crippen molar-refractivity contribution < 1.29 is 23.1 Å². The Morgan fingerprint density at radius 3 is 2.38 bits per heavy atom. The van der Waals surface area contributed by atoms with Crippen molar-refractivity contribution in [1.29, 1.82) is 0 Å². The first-order chi connectivity index (χ1) is 16.5. The molecule has 4 rings (SSSR count). The molecule has 1 fully saturated rings. The van der Waals surface area contributed by atoms with Gasteiger partial charge in [0.1, 0.15) is 23.1 Å². The van der Waals surface area contributed by atoms with Crippen LogP contribution in [0.2, 0.25) is 0 Å². The fourth-order valence-electron chi connectivity index (χ4n) is 3.79. The Labute approximate surface area is 199 Å². The molecule has 34 heavy (non-hydrogen) atoms. The number of halogens is 2. The zero-order valence-electron chi connectivity index (χ0n) is 18.2. The van der Waals surface area contributed by atoms with Crippen LogP contribution in [0.4, 0.5) is 19.3 Å². The maximum Gasteiger partial charge on any atom is 0.319 e. The summed E-state index contributed by atoms with van der Waals surface area (Å²) in [5.74, 6) is -1.23. The summed E-state index contributed by atoms with van der Waals surface area (Å²) in [4.78, 5) is 29.5. The third kappa shape index (κ3) is 6.07. The number of carbonyl (C=O) groups excluding carboxylic acids is 2. The monoisotopic (exact) mass is 486 g/mol. The smallest absolute Gasteiger partial charge is 0.319 e. The van der Waals surface area contributed by atoms with Gasteiger partial charge in [-0.05, 0) is 37.1 Å². The van der Waals surface area contributed by atoms with Crippen molar-refractivity contribution in [2.75, 3.05) is 5.32 Å². The summed E-state index contributed by atoms with van der Waals surface area (Å²) in [6, 6.07) is 10.9. The zero-order chi connectivity index (χ0) is 23.9. The summed E-state index contributed by atoms with van der Waals surface area (Å²) >= 11 is 1.24. The number of aromatic nitrogens is 1. The van der Waals surface area contributed by atoms with E-state index in [4.69, 9.17) is 4.74 Å². The average molecular weight is 487 g/mol. The van der Waals surface area contributed by atoms with E-state index < -0.39 is 17.7 Å². The first-order valence-corrected chi connectivity index (χ1v) is 11.8. The minimum Gasteiger partial charge on any atom is -0.483 e. The van der Waals surface area contributed by atoms with Crippen LogP contribution < -0.4 is 20.7 Å². The SMILES string of the molecule is O=C(Nc1ccccc1F)N[C@H]1CCCC[C@@H]1NC(=O)c1csc(COc2ccccc2F)n1. The molecule has 7 nitrogen and oxygen atoms in total. The Kier molecular flexibility index (Phi) is 7.69. The second-order valence-corrected chi connectivity index (χ2v) is 8.84. The van der Waals surface area contributed by atoms with Crippen molar-refractivity contribution in [3.63, 3.8) is 0 Å². The lowest BCUT2D eigenvalue weighted by Crippen LogP contribution is -2.54. The van der Waals surface area contributed by atoms with Crippen LogP contribution in [0.3, 0.4) is 0 Å². The minimum atomic E-state index is -0.530. The number of rotatable bonds is 7. The molecule has 10 heteroatoms. The van der Waals surface area contributed by atoms with Gasteiger partial charge in [-0.2, -0.15) is 0 Å². The van der Waals surface area contributed by atoms with Gasteiger partial charge in [0.25, 0.3) is 5.91 Å². The number of anilines is 1. The Morgan fingerprint density at radius 1 is 0.971 bits per heavy atom. The van der Waals surface area contributed by atoms with E-state index in [1.807, 2.05) is 0 Å². The maximum atomic E-state index is 13.8. The van der Waals surface area contributed by atoms with E-state index in [1.165, 1.54) is 35.6 Å². The van der Waals surface area contributed by atoms with E-state index in [9.17, 15) is 18.4 Å². The molecule has 1 aliphatic carbocycles. The molecule has 178 valence electrons. The van der Waals surface area contributed by atoms with Gasteiger partial charge < -0.3 is 20.7 Å². The van der Waals surface area contributed by atoms with Crippen molar-refractivity contribution >= 4 is 29.0 Å². The average Bonchev–Trinajstić information content (AvgIpc) is 3.31. The number of nitrogens with one attached hydrogen (secondary N) is 3. The molecule has 0 saturated heterocycles. The highest BCUT2D eigenvalue weighted by molar-refractivity contribution is 7.09. The molecular weight excluding hydrogens is 462 g/mol. The van der Waals surface area contributed by atoms with Crippen LogP contribution in [0.1, 0.15) is 41.2 Å². The van der Waals surface area contributed by atoms with Crippen LogP contribution in [-0.2, 0) is 6.61 Å².